The van der Waals surface area contributed by atoms with E-state index in [0.717, 1.165) is 0 Å². The van der Waals surface area contributed by atoms with Crippen molar-refractivity contribution in [1.29, 1.82) is 0 Å². The summed E-state index contributed by atoms with van der Waals surface area (Å²) in [7, 11) is 0. The number of rotatable bonds is 2. The normalized spacial score (nSPS) is 9.75. The lowest BCUT2D eigenvalue weighted by Crippen LogP contribution is -2.14. The molecule has 1 amide bonds. The zero-order chi connectivity index (χ0) is 11.4. The molecular formula is C10H9N5O. The van der Waals surface area contributed by atoms with Gasteiger partial charge in [0.2, 0.25) is 11.9 Å². The molecule has 0 atom stereocenters. The summed E-state index contributed by atoms with van der Waals surface area (Å²) in [6.45, 7) is 0. The number of amides is 1. The lowest BCUT2D eigenvalue weighted by molar-refractivity contribution is 0.102. The standard InChI is InChI=1S/C10H9N5O/c11-9-12-6-13-10(15-9)14-8(16)7-4-2-1-3-5-7/h1-6H,(H3,11,12,13,14,15,16). The Morgan fingerprint density at radius 2 is 1.94 bits per heavy atom. The van der Waals surface area contributed by atoms with Crippen LogP contribution in [-0.2, 0) is 0 Å². The number of hydrogen-bond donors (Lipinski definition) is 2. The number of hydrogen-bond acceptors (Lipinski definition) is 5. The maximum atomic E-state index is 11.7. The van der Waals surface area contributed by atoms with E-state index in [0.29, 0.717) is 5.56 Å². The highest BCUT2D eigenvalue weighted by Gasteiger charge is 2.06. The fraction of sp³-hybridized carbons (Fsp3) is 0. The Morgan fingerprint density at radius 1 is 1.19 bits per heavy atom. The van der Waals surface area contributed by atoms with Crippen LogP contribution in [0.25, 0.3) is 0 Å². The topological polar surface area (TPSA) is 93.8 Å². The van der Waals surface area contributed by atoms with Crippen molar-refractivity contribution < 1.29 is 4.79 Å². The molecule has 0 spiro atoms. The van der Waals surface area contributed by atoms with Crippen molar-refractivity contribution in [3.05, 3.63) is 42.2 Å². The minimum Gasteiger partial charge on any atom is -0.368 e. The molecule has 1 aromatic heterocycles. The Bertz CT molecular complexity index is 500. The van der Waals surface area contributed by atoms with Crippen LogP contribution < -0.4 is 11.1 Å². The Hall–Kier alpha value is -2.50. The molecule has 1 aromatic carbocycles. The molecule has 0 radical (unpaired) electrons. The highest BCUT2D eigenvalue weighted by Crippen LogP contribution is 2.03. The molecular weight excluding hydrogens is 206 g/mol. The van der Waals surface area contributed by atoms with E-state index in [1.54, 1.807) is 24.3 Å². The summed E-state index contributed by atoms with van der Waals surface area (Å²) in [4.78, 5) is 22.8. The molecule has 0 bridgehead atoms. The monoisotopic (exact) mass is 215 g/mol. The third-order valence-corrected chi connectivity index (χ3v) is 1.85. The number of nitrogens with zero attached hydrogens (tertiary/aromatic N) is 3. The minimum atomic E-state index is -0.286. The van der Waals surface area contributed by atoms with E-state index >= 15 is 0 Å². The van der Waals surface area contributed by atoms with Crippen molar-refractivity contribution in [2.45, 2.75) is 0 Å². The Balaban J connectivity index is 2.14. The fourth-order valence-electron chi connectivity index (χ4n) is 1.13. The quantitative estimate of drug-likeness (QED) is 0.769. The van der Waals surface area contributed by atoms with Gasteiger partial charge >= 0.3 is 0 Å². The molecule has 6 heteroatoms. The molecule has 0 unspecified atom stereocenters. The summed E-state index contributed by atoms with van der Waals surface area (Å²) in [5, 5.41) is 2.52. The van der Waals surface area contributed by atoms with Gasteiger partial charge in [-0.1, -0.05) is 18.2 Å². The number of nitrogens with one attached hydrogen (secondary N) is 1. The van der Waals surface area contributed by atoms with Gasteiger partial charge in [0, 0.05) is 5.56 Å². The van der Waals surface area contributed by atoms with Crippen molar-refractivity contribution in [3.63, 3.8) is 0 Å². The van der Waals surface area contributed by atoms with Crippen molar-refractivity contribution in [3.8, 4) is 0 Å². The van der Waals surface area contributed by atoms with Crippen LogP contribution in [0.5, 0.6) is 0 Å². The van der Waals surface area contributed by atoms with E-state index in [4.69, 9.17) is 5.73 Å². The van der Waals surface area contributed by atoms with Crippen LogP contribution in [0, 0.1) is 0 Å². The van der Waals surface area contributed by atoms with E-state index < -0.39 is 0 Å². The molecule has 3 N–H and O–H groups in total. The molecule has 0 aliphatic heterocycles. The van der Waals surface area contributed by atoms with Crippen LogP contribution in [0.1, 0.15) is 10.4 Å². The maximum Gasteiger partial charge on any atom is 0.258 e. The van der Waals surface area contributed by atoms with Gasteiger partial charge in [-0.2, -0.15) is 4.98 Å². The van der Waals surface area contributed by atoms with Crippen molar-refractivity contribution >= 4 is 17.8 Å². The van der Waals surface area contributed by atoms with Gasteiger partial charge in [0.15, 0.2) is 0 Å². The molecule has 80 valence electrons. The van der Waals surface area contributed by atoms with E-state index in [2.05, 4.69) is 20.3 Å². The zero-order valence-electron chi connectivity index (χ0n) is 8.29. The second kappa shape index (κ2) is 4.35. The number of benzene rings is 1. The molecule has 1 heterocycles. The predicted octanol–water partition coefficient (Wildman–Crippen LogP) is 0.706. The van der Waals surface area contributed by atoms with Crippen LogP contribution in [0.4, 0.5) is 11.9 Å². The number of carbonyl (C=O) groups is 1. The maximum absolute atomic E-state index is 11.7. The van der Waals surface area contributed by atoms with Crippen LogP contribution in [0.15, 0.2) is 36.7 Å². The van der Waals surface area contributed by atoms with Crippen molar-refractivity contribution in [1.82, 2.24) is 15.0 Å². The minimum absolute atomic E-state index is 0.0679. The summed E-state index contributed by atoms with van der Waals surface area (Å²) in [6.07, 6.45) is 1.24. The summed E-state index contributed by atoms with van der Waals surface area (Å²) in [5.74, 6) is -0.0779. The molecule has 0 aliphatic carbocycles. The number of nitrogens with two attached hydrogens (primary N) is 1. The molecule has 0 fully saturated rings. The lowest BCUT2D eigenvalue weighted by atomic mass is 10.2. The number of nitrogen functional groups attached to an aromatic ring is 1. The Kier molecular flexibility index (Phi) is 2.73. The third kappa shape index (κ3) is 2.30. The second-order valence-corrected chi connectivity index (χ2v) is 2.99. The van der Waals surface area contributed by atoms with Gasteiger partial charge in [-0.15, -0.1) is 0 Å². The molecule has 0 aliphatic rings. The van der Waals surface area contributed by atoms with E-state index in [9.17, 15) is 4.79 Å². The van der Waals surface area contributed by atoms with Gasteiger partial charge in [-0.05, 0) is 12.1 Å². The number of aromatic nitrogens is 3. The first kappa shape index (κ1) is 10.0. The Labute approximate surface area is 91.6 Å². The summed E-state index contributed by atoms with van der Waals surface area (Å²) in [6, 6.07) is 8.77. The van der Waals surface area contributed by atoms with Gasteiger partial charge in [0.1, 0.15) is 6.33 Å². The first-order valence-corrected chi connectivity index (χ1v) is 4.56. The average Bonchev–Trinajstić information content (AvgIpc) is 2.30. The van der Waals surface area contributed by atoms with Gasteiger partial charge in [0.25, 0.3) is 5.91 Å². The fourth-order valence-corrected chi connectivity index (χ4v) is 1.13. The molecule has 2 aromatic rings. The van der Waals surface area contributed by atoms with Crippen LogP contribution in [0.3, 0.4) is 0 Å². The molecule has 2 rings (SSSR count). The van der Waals surface area contributed by atoms with E-state index in [1.807, 2.05) is 6.07 Å². The van der Waals surface area contributed by atoms with Gasteiger partial charge in [-0.25, -0.2) is 9.97 Å². The average molecular weight is 215 g/mol. The van der Waals surface area contributed by atoms with E-state index in [1.165, 1.54) is 6.33 Å². The molecule has 16 heavy (non-hydrogen) atoms. The van der Waals surface area contributed by atoms with E-state index in [-0.39, 0.29) is 17.8 Å². The molecule has 0 saturated carbocycles. The van der Waals surface area contributed by atoms with Crippen molar-refractivity contribution in [2.24, 2.45) is 0 Å². The molecule has 6 nitrogen and oxygen atoms in total. The van der Waals surface area contributed by atoms with Gasteiger partial charge in [0.05, 0.1) is 0 Å². The number of carbonyl (C=O) groups excluding carboxylic acids is 1. The summed E-state index contributed by atoms with van der Waals surface area (Å²) in [5.41, 5.74) is 5.89. The highest BCUT2D eigenvalue weighted by molar-refractivity contribution is 6.03. The van der Waals surface area contributed by atoms with Gasteiger partial charge < -0.3 is 5.73 Å². The van der Waals surface area contributed by atoms with Gasteiger partial charge in [-0.3, -0.25) is 10.1 Å². The van der Waals surface area contributed by atoms with Crippen LogP contribution in [0.2, 0.25) is 0 Å². The Morgan fingerprint density at radius 3 is 2.62 bits per heavy atom. The smallest absolute Gasteiger partial charge is 0.258 e. The zero-order valence-corrected chi connectivity index (χ0v) is 8.29. The summed E-state index contributed by atoms with van der Waals surface area (Å²) < 4.78 is 0. The predicted molar refractivity (Wildman–Crippen MR) is 58.6 cm³/mol. The third-order valence-electron chi connectivity index (χ3n) is 1.85. The SMILES string of the molecule is Nc1ncnc(NC(=O)c2ccccc2)n1. The van der Waals surface area contributed by atoms with Crippen LogP contribution >= 0.6 is 0 Å². The lowest BCUT2D eigenvalue weighted by Gasteiger charge is -2.02. The summed E-state index contributed by atoms with van der Waals surface area (Å²) >= 11 is 0. The first-order valence-electron chi connectivity index (χ1n) is 4.56. The van der Waals surface area contributed by atoms with Crippen LogP contribution in [-0.4, -0.2) is 20.9 Å². The first-order chi connectivity index (χ1) is 7.75. The number of anilines is 2. The highest BCUT2D eigenvalue weighted by atomic mass is 16.1. The molecule has 0 saturated heterocycles. The van der Waals surface area contributed by atoms with Crippen molar-refractivity contribution in [2.75, 3.05) is 11.1 Å². The second-order valence-electron chi connectivity index (χ2n) is 2.99. The largest absolute Gasteiger partial charge is 0.368 e.